The van der Waals surface area contributed by atoms with Crippen molar-refractivity contribution in [3.63, 3.8) is 0 Å². The van der Waals surface area contributed by atoms with Gasteiger partial charge in [-0.1, -0.05) is 18.7 Å². The molecule has 0 saturated heterocycles. The molecule has 0 radical (unpaired) electrons. The summed E-state index contributed by atoms with van der Waals surface area (Å²) in [5, 5.41) is 22.1. The molecule has 1 aromatic carbocycles. The van der Waals surface area contributed by atoms with Crippen LogP contribution in [0.1, 0.15) is 20.3 Å². The number of hydrogen-bond donors (Lipinski definition) is 1. The molecule has 0 bridgehead atoms. The second kappa shape index (κ2) is 7.52. The normalized spacial score (nSPS) is 12.2. The summed E-state index contributed by atoms with van der Waals surface area (Å²) in [6, 6.07) is 11.1. The number of thioether (sulfide) groups is 1. The Balaban J connectivity index is 1.94. The summed E-state index contributed by atoms with van der Waals surface area (Å²) in [4.78, 5) is 11.2. The lowest BCUT2D eigenvalue weighted by atomic mass is 10.2. The first-order chi connectivity index (χ1) is 12.1. The zero-order valence-corrected chi connectivity index (χ0v) is 14.7. The molecule has 0 aliphatic heterocycles. The smallest absolute Gasteiger partial charge is 0.317 e. The van der Waals surface area contributed by atoms with Crippen molar-refractivity contribution < 1.29 is 14.6 Å². The van der Waals surface area contributed by atoms with E-state index in [0.717, 1.165) is 11.3 Å². The predicted molar refractivity (Wildman–Crippen MR) is 95.0 cm³/mol. The second-order valence-corrected chi connectivity index (χ2v) is 6.50. The van der Waals surface area contributed by atoms with Crippen molar-refractivity contribution in [1.29, 1.82) is 0 Å². The van der Waals surface area contributed by atoms with E-state index >= 15 is 0 Å². The number of hydrogen-bond acceptors (Lipinski definition) is 6. The standard InChI is InChI=1S/C17H18N4O3S/c1-3-13(17(22)23)25-15-10-9-14-18-19-16(21(14)20-15)11-5-7-12(8-6-11)24-4-2/h5-10,13H,3-4H2,1-2H3,(H,22,23)/t13-/m1/s1. The molecule has 2 heterocycles. The SMILES string of the molecule is CCOc1ccc(-c2nnc3ccc(S[C@H](CC)C(=O)O)nn23)cc1. The molecular weight excluding hydrogens is 340 g/mol. The number of fused-ring (bicyclic) bond motifs is 1. The van der Waals surface area contributed by atoms with Gasteiger partial charge in [-0.05, 0) is 49.7 Å². The van der Waals surface area contributed by atoms with E-state index in [0.29, 0.717) is 29.5 Å². The van der Waals surface area contributed by atoms with Crippen LogP contribution in [0.4, 0.5) is 0 Å². The molecule has 0 amide bonds. The van der Waals surface area contributed by atoms with Crippen molar-refractivity contribution in [1.82, 2.24) is 19.8 Å². The molecule has 0 spiro atoms. The lowest BCUT2D eigenvalue weighted by Gasteiger charge is -2.09. The molecule has 0 aliphatic rings. The summed E-state index contributed by atoms with van der Waals surface area (Å²) in [7, 11) is 0. The highest BCUT2D eigenvalue weighted by atomic mass is 32.2. The largest absolute Gasteiger partial charge is 0.494 e. The zero-order chi connectivity index (χ0) is 17.8. The van der Waals surface area contributed by atoms with Gasteiger partial charge in [-0.15, -0.1) is 10.2 Å². The van der Waals surface area contributed by atoms with E-state index in [1.165, 1.54) is 11.8 Å². The molecule has 8 heteroatoms. The second-order valence-electron chi connectivity index (χ2n) is 5.28. The van der Waals surface area contributed by atoms with Crippen LogP contribution in [0.5, 0.6) is 5.75 Å². The van der Waals surface area contributed by atoms with Crippen molar-refractivity contribution >= 4 is 23.4 Å². The van der Waals surface area contributed by atoms with Crippen molar-refractivity contribution in [2.45, 2.75) is 30.5 Å². The van der Waals surface area contributed by atoms with E-state index in [-0.39, 0.29) is 0 Å². The fraction of sp³-hybridized carbons (Fsp3) is 0.294. The van der Waals surface area contributed by atoms with Crippen molar-refractivity contribution in [2.24, 2.45) is 0 Å². The van der Waals surface area contributed by atoms with E-state index < -0.39 is 11.2 Å². The van der Waals surface area contributed by atoms with Crippen LogP contribution in [-0.2, 0) is 4.79 Å². The number of ether oxygens (including phenoxy) is 1. The van der Waals surface area contributed by atoms with Crippen LogP contribution >= 0.6 is 11.8 Å². The number of carboxylic acid groups (broad SMARTS) is 1. The van der Waals surface area contributed by atoms with E-state index in [1.54, 1.807) is 16.6 Å². The van der Waals surface area contributed by atoms with Gasteiger partial charge in [-0.25, -0.2) is 0 Å². The van der Waals surface area contributed by atoms with Crippen LogP contribution in [-0.4, -0.2) is 42.7 Å². The highest BCUT2D eigenvalue weighted by molar-refractivity contribution is 8.00. The molecule has 0 aliphatic carbocycles. The number of rotatable bonds is 7. The molecule has 1 N–H and O–H groups in total. The Bertz CT molecular complexity index is 879. The maximum absolute atomic E-state index is 11.2. The molecule has 0 fully saturated rings. The predicted octanol–water partition coefficient (Wildman–Crippen LogP) is 3.15. The zero-order valence-electron chi connectivity index (χ0n) is 13.9. The molecule has 1 atom stereocenters. The maximum atomic E-state index is 11.2. The highest BCUT2D eigenvalue weighted by Crippen LogP contribution is 2.26. The Labute approximate surface area is 149 Å². The van der Waals surface area contributed by atoms with Crippen LogP contribution in [0.2, 0.25) is 0 Å². The minimum atomic E-state index is -0.843. The summed E-state index contributed by atoms with van der Waals surface area (Å²) in [6.07, 6.45) is 0.521. The highest BCUT2D eigenvalue weighted by Gasteiger charge is 2.18. The third-order valence-electron chi connectivity index (χ3n) is 3.57. The first-order valence-electron chi connectivity index (χ1n) is 7.97. The Morgan fingerprint density at radius 3 is 2.60 bits per heavy atom. The van der Waals surface area contributed by atoms with E-state index in [1.807, 2.05) is 38.1 Å². The Morgan fingerprint density at radius 2 is 1.96 bits per heavy atom. The van der Waals surface area contributed by atoms with Gasteiger partial charge in [0.15, 0.2) is 11.5 Å². The van der Waals surface area contributed by atoms with Gasteiger partial charge in [0, 0.05) is 5.56 Å². The lowest BCUT2D eigenvalue weighted by Crippen LogP contribution is -2.15. The van der Waals surface area contributed by atoms with Crippen LogP contribution in [0.15, 0.2) is 41.4 Å². The number of benzene rings is 1. The van der Waals surface area contributed by atoms with Gasteiger partial charge in [0.1, 0.15) is 16.0 Å². The van der Waals surface area contributed by atoms with E-state index in [2.05, 4.69) is 15.3 Å². The topological polar surface area (TPSA) is 89.6 Å². The number of aliphatic carboxylic acids is 1. The van der Waals surface area contributed by atoms with E-state index in [9.17, 15) is 9.90 Å². The number of carbonyl (C=O) groups is 1. The number of aromatic nitrogens is 4. The first-order valence-corrected chi connectivity index (χ1v) is 8.85. The summed E-state index contributed by atoms with van der Waals surface area (Å²) in [6.45, 7) is 4.38. The van der Waals surface area contributed by atoms with Crippen LogP contribution in [0.25, 0.3) is 17.0 Å². The maximum Gasteiger partial charge on any atom is 0.317 e. The van der Waals surface area contributed by atoms with Gasteiger partial charge in [0.2, 0.25) is 0 Å². The summed E-state index contributed by atoms with van der Waals surface area (Å²) in [5.74, 6) is 0.547. The first kappa shape index (κ1) is 17.2. The van der Waals surface area contributed by atoms with Gasteiger partial charge in [-0.2, -0.15) is 9.61 Å². The summed E-state index contributed by atoms with van der Waals surface area (Å²) >= 11 is 1.22. The third kappa shape index (κ3) is 3.74. The fourth-order valence-corrected chi connectivity index (χ4v) is 3.17. The molecule has 0 saturated carbocycles. The van der Waals surface area contributed by atoms with Gasteiger partial charge >= 0.3 is 5.97 Å². The van der Waals surface area contributed by atoms with Gasteiger partial charge in [0.05, 0.1) is 6.61 Å². The van der Waals surface area contributed by atoms with Gasteiger partial charge in [-0.3, -0.25) is 4.79 Å². The molecule has 3 rings (SSSR count). The average molecular weight is 358 g/mol. The minimum Gasteiger partial charge on any atom is -0.494 e. The van der Waals surface area contributed by atoms with Crippen molar-refractivity contribution in [3.05, 3.63) is 36.4 Å². The van der Waals surface area contributed by atoms with Crippen molar-refractivity contribution in [3.8, 4) is 17.1 Å². The molecule has 2 aromatic heterocycles. The van der Waals surface area contributed by atoms with E-state index in [4.69, 9.17) is 4.74 Å². The molecule has 25 heavy (non-hydrogen) atoms. The number of nitrogens with zero attached hydrogens (tertiary/aromatic N) is 4. The Hall–Kier alpha value is -2.61. The fourth-order valence-electron chi connectivity index (χ4n) is 2.34. The van der Waals surface area contributed by atoms with Crippen LogP contribution < -0.4 is 4.74 Å². The minimum absolute atomic E-state index is 0.521. The van der Waals surface area contributed by atoms with Crippen LogP contribution in [0.3, 0.4) is 0 Å². The third-order valence-corrected chi connectivity index (χ3v) is 4.85. The van der Waals surface area contributed by atoms with Crippen LogP contribution in [0, 0.1) is 0 Å². The van der Waals surface area contributed by atoms with Crippen molar-refractivity contribution in [2.75, 3.05) is 6.61 Å². The monoisotopic (exact) mass is 358 g/mol. The van der Waals surface area contributed by atoms with Gasteiger partial charge in [0.25, 0.3) is 0 Å². The molecular formula is C17H18N4O3S. The molecule has 3 aromatic rings. The molecule has 7 nitrogen and oxygen atoms in total. The summed E-state index contributed by atoms with van der Waals surface area (Å²) in [5.41, 5.74) is 1.47. The Kier molecular flexibility index (Phi) is 5.18. The molecule has 0 unspecified atom stereocenters. The Morgan fingerprint density at radius 1 is 1.20 bits per heavy atom. The molecule has 130 valence electrons. The number of carboxylic acids is 1. The summed E-state index contributed by atoms with van der Waals surface area (Å²) < 4.78 is 7.08. The lowest BCUT2D eigenvalue weighted by molar-refractivity contribution is -0.136. The average Bonchev–Trinajstić information content (AvgIpc) is 3.03. The van der Waals surface area contributed by atoms with Gasteiger partial charge < -0.3 is 9.84 Å². The quantitative estimate of drug-likeness (QED) is 0.649.